The Morgan fingerprint density at radius 1 is 0.301 bits per heavy atom. The molecule has 0 saturated carbocycles. The second-order valence-electron chi connectivity index (χ2n) is 29.5. The normalized spacial score (nSPS) is 12.6. The number of rotatable bonds is 81. The van der Waals surface area contributed by atoms with E-state index in [1.165, 1.54) is 405 Å². The molecule has 0 aliphatic heterocycles. The van der Waals surface area contributed by atoms with Gasteiger partial charge < -0.3 is 20.3 Å². The molecule has 2 atom stereocenters. The summed E-state index contributed by atoms with van der Waals surface area (Å²) in [4.78, 5) is 24.7. The van der Waals surface area contributed by atoms with Crippen molar-refractivity contribution in [1.82, 2.24) is 5.32 Å². The number of nitrogens with one attached hydrogen (secondary N) is 1. The van der Waals surface area contributed by atoms with E-state index in [2.05, 4.69) is 43.5 Å². The molecule has 2 unspecified atom stereocenters. The van der Waals surface area contributed by atoms with Crippen LogP contribution in [0.3, 0.4) is 0 Å². The third kappa shape index (κ3) is 79.0. The Kier molecular flexibility index (Phi) is 80.8. The van der Waals surface area contributed by atoms with Gasteiger partial charge in [0.15, 0.2) is 0 Å². The van der Waals surface area contributed by atoms with E-state index in [1.807, 2.05) is 6.08 Å². The first-order valence-corrected chi connectivity index (χ1v) is 42.8. The third-order valence-corrected chi connectivity index (χ3v) is 20.2. The lowest BCUT2D eigenvalue weighted by atomic mass is 10.0. The highest BCUT2D eigenvalue weighted by molar-refractivity contribution is 5.76. The maximum absolute atomic E-state index is 12.5. The van der Waals surface area contributed by atoms with Crippen LogP contribution >= 0.6 is 0 Å². The third-order valence-electron chi connectivity index (χ3n) is 20.2. The van der Waals surface area contributed by atoms with Gasteiger partial charge in [-0.25, -0.2) is 0 Å². The summed E-state index contributed by atoms with van der Waals surface area (Å²) in [6.07, 6.45) is 109. The van der Waals surface area contributed by atoms with E-state index in [0.717, 1.165) is 51.4 Å². The number of esters is 1. The molecule has 93 heavy (non-hydrogen) atoms. The number of carbonyl (C=O) groups excluding carboxylic acids is 2. The molecule has 0 fully saturated rings. The van der Waals surface area contributed by atoms with Gasteiger partial charge in [0.05, 0.1) is 25.4 Å². The molecule has 0 rings (SSSR count). The number of hydrogen-bond donors (Lipinski definition) is 3. The molecule has 0 aromatic rings. The van der Waals surface area contributed by atoms with Gasteiger partial charge >= 0.3 is 5.97 Å². The Hall–Kier alpha value is -1.92. The zero-order chi connectivity index (χ0) is 67.0. The summed E-state index contributed by atoms with van der Waals surface area (Å²) < 4.78 is 5.51. The molecule has 0 bridgehead atoms. The molecule has 550 valence electrons. The van der Waals surface area contributed by atoms with Crippen molar-refractivity contribution in [3.8, 4) is 0 Å². The molecule has 0 heterocycles. The van der Waals surface area contributed by atoms with Gasteiger partial charge in [0.2, 0.25) is 5.91 Å². The SMILES string of the molecule is CCCCCC/C=C\C/C=C\CCCCCCCCCC(=O)OCCCCCCCCCCCCCCCCCCCCCCCCCCCCCCCCCCCCCCCCCC(=O)NC(CO)C(O)/C=C/CCCCCCCCCCCCCCCCCCC. The lowest BCUT2D eigenvalue weighted by Gasteiger charge is -2.20. The number of unbranched alkanes of at least 4 members (excludes halogenated alkanes) is 66. The summed E-state index contributed by atoms with van der Waals surface area (Å²) in [7, 11) is 0. The van der Waals surface area contributed by atoms with Gasteiger partial charge in [0.1, 0.15) is 0 Å². The van der Waals surface area contributed by atoms with Crippen LogP contribution in [0.25, 0.3) is 0 Å². The molecule has 0 aliphatic carbocycles. The molecule has 1 amide bonds. The number of amides is 1. The van der Waals surface area contributed by atoms with E-state index in [0.29, 0.717) is 19.4 Å². The van der Waals surface area contributed by atoms with Crippen molar-refractivity contribution in [2.45, 2.75) is 495 Å². The van der Waals surface area contributed by atoms with Crippen molar-refractivity contribution < 1.29 is 24.5 Å². The first kappa shape index (κ1) is 91.1. The molecule has 0 aromatic carbocycles. The molecule has 0 aliphatic rings. The Labute approximate surface area is 583 Å². The van der Waals surface area contributed by atoms with Crippen LogP contribution in [0.1, 0.15) is 483 Å². The average molecular weight is 1310 g/mol. The topological polar surface area (TPSA) is 95.9 Å². The smallest absolute Gasteiger partial charge is 0.305 e. The Bertz CT molecular complexity index is 1510. The summed E-state index contributed by atoms with van der Waals surface area (Å²) in [5, 5.41) is 23.3. The van der Waals surface area contributed by atoms with Gasteiger partial charge in [-0.1, -0.05) is 442 Å². The first-order valence-electron chi connectivity index (χ1n) is 42.8. The van der Waals surface area contributed by atoms with Crippen molar-refractivity contribution in [2.24, 2.45) is 0 Å². The van der Waals surface area contributed by atoms with Gasteiger partial charge in [-0.2, -0.15) is 0 Å². The Morgan fingerprint density at radius 3 is 0.828 bits per heavy atom. The summed E-state index contributed by atoms with van der Waals surface area (Å²) in [5.41, 5.74) is 0. The summed E-state index contributed by atoms with van der Waals surface area (Å²) >= 11 is 0. The van der Waals surface area contributed by atoms with Gasteiger partial charge in [-0.3, -0.25) is 9.59 Å². The fourth-order valence-electron chi connectivity index (χ4n) is 13.7. The van der Waals surface area contributed by atoms with Crippen molar-refractivity contribution >= 4 is 11.9 Å². The summed E-state index contributed by atoms with van der Waals surface area (Å²) in [6, 6.07) is -0.624. The molecule has 0 spiro atoms. The largest absolute Gasteiger partial charge is 0.466 e. The second kappa shape index (κ2) is 82.5. The molecular weight excluding hydrogens is 1140 g/mol. The van der Waals surface area contributed by atoms with Gasteiger partial charge in [0.25, 0.3) is 0 Å². The highest BCUT2D eigenvalue weighted by Gasteiger charge is 2.18. The number of allylic oxidation sites excluding steroid dienone is 5. The maximum Gasteiger partial charge on any atom is 0.305 e. The lowest BCUT2D eigenvalue weighted by molar-refractivity contribution is -0.143. The van der Waals surface area contributed by atoms with E-state index in [1.54, 1.807) is 6.08 Å². The van der Waals surface area contributed by atoms with Crippen LogP contribution < -0.4 is 5.32 Å². The standard InChI is InChI=1S/C87H167NO5/c1-3-5-7-9-11-13-15-17-19-21-44-47-51-55-59-63-67-71-75-79-85(90)84(83-89)88-86(91)80-76-72-68-64-60-56-52-48-45-42-40-38-36-34-32-30-28-26-24-23-25-27-29-31-33-35-37-39-41-43-46-50-54-58-62-66-70-74-78-82-93-87(92)81-77-73-69-65-61-57-53-49-22-20-18-16-14-12-10-8-6-4-2/h14,16,20,22,75,79,84-85,89-90H,3-13,15,17-19,21,23-74,76-78,80-83H2,1-2H3,(H,88,91)/b16-14-,22-20-,79-75+. The Balaban J connectivity index is 3.31. The van der Waals surface area contributed by atoms with E-state index in [9.17, 15) is 19.8 Å². The molecule has 6 heteroatoms. The minimum absolute atomic E-state index is 0.0173. The predicted molar refractivity (Wildman–Crippen MR) is 412 cm³/mol. The molecule has 0 radical (unpaired) electrons. The zero-order valence-corrected chi connectivity index (χ0v) is 63.3. The monoisotopic (exact) mass is 1310 g/mol. The second-order valence-corrected chi connectivity index (χ2v) is 29.5. The van der Waals surface area contributed by atoms with E-state index in [-0.39, 0.29) is 18.5 Å². The molecule has 6 nitrogen and oxygen atoms in total. The van der Waals surface area contributed by atoms with Crippen LogP contribution in [-0.4, -0.2) is 47.4 Å². The van der Waals surface area contributed by atoms with Crippen LogP contribution in [0.15, 0.2) is 36.5 Å². The van der Waals surface area contributed by atoms with E-state index in [4.69, 9.17) is 4.74 Å². The number of aliphatic hydroxyl groups is 2. The zero-order valence-electron chi connectivity index (χ0n) is 63.3. The first-order chi connectivity index (χ1) is 46.0. The van der Waals surface area contributed by atoms with Crippen molar-refractivity contribution in [3.63, 3.8) is 0 Å². The fraction of sp³-hybridized carbons (Fsp3) is 0.908. The van der Waals surface area contributed by atoms with Crippen LogP contribution in [0.2, 0.25) is 0 Å². The minimum Gasteiger partial charge on any atom is -0.466 e. The van der Waals surface area contributed by atoms with Gasteiger partial charge in [0, 0.05) is 12.8 Å². The van der Waals surface area contributed by atoms with Crippen molar-refractivity contribution in [3.05, 3.63) is 36.5 Å². The molecule has 3 N–H and O–H groups in total. The quantitative estimate of drug-likeness (QED) is 0.0320. The average Bonchev–Trinajstić information content (AvgIpc) is 3.74. The van der Waals surface area contributed by atoms with Crippen LogP contribution in [0.5, 0.6) is 0 Å². The van der Waals surface area contributed by atoms with Gasteiger partial charge in [-0.05, 0) is 64.2 Å². The summed E-state index contributed by atoms with van der Waals surface area (Å²) in [5.74, 6) is -0.0400. The van der Waals surface area contributed by atoms with Crippen molar-refractivity contribution in [1.29, 1.82) is 0 Å². The van der Waals surface area contributed by atoms with E-state index >= 15 is 0 Å². The molecule has 0 saturated heterocycles. The number of carbonyl (C=O) groups is 2. The fourth-order valence-corrected chi connectivity index (χ4v) is 13.7. The summed E-state index contributed by atoms with van der Waals surface area (Å²) in [6.45, 7) is 4.94. The molecular formula is C87H167NO5. The predicted octanol–water partition coefficient (Wildman–Crippen LogP) is 28.6. The van der Waals surface area contributed by atoms with Crippen LogP contribution in [0.4, 0.5) is 0 Å². The van der Waals surface area contributed by atoms with Crippen molar-refractivity contribution in [2.75, 3.05) is 13.2 Å². The number of aliphatic hydroxyl groups excluding tert-OH is 2. The van der Waals surface area contributed by atoms with Crippen LogP contribution in [-0.2, 0) is 14.3 Å². The maximum atomic E-state index is 12.5. The highest BCUT2D eigenvalue weighted by Crippen LogP contribution is 2.21. The van der Waals surface area contributed by atoms with Crippen LogP contribution in [0, 0.1) is 0 Å². The van der Waals surface area contributed by atoms with Gasteiger partial charge in [-0.15, -0.1) is 0 Å². The minimum atomic E-state index is -0.841. The lowest BCUT2D eigenvalue weighted by Crippen LogP contribution is -2.45. The number of hydrogen-bond acceptors (Lipinski definition) is 5. The molecule has 0 aromatic heterocycles. The van der Waals surface area contributed by atoms with E-state index < -0.39 is 12.1 Å². The highest BCUT2D eigenvalue weighted by atomic mass is 16.5. The Morgan fingerprint density at radius 2 is 0.538 bits per heavy atom. The number of ether oxygens (including phenoxy) is 1.